The molecular weight excluding hydrogens is 514 g/mol. The lowest BCUT2D eigenvalue weighted by molar-refractivity contribution is -0.127. The van der Waals surface area contributed by atoms with Gasteiger partial charge >= 0.3 is 0 Å². The smallest absolute Gasteiger partial charge is 0.295 e. The number of aromatic nitrogens is 5. The van der Waals surface area contributed by atoms with Crippen molar-refractivity contribution in [2.75, 3.05) is 57.3 Å². The molecule has 2 saturated heterocycles. The van der Waals surface area contributed by atoms with Gasteiger partial charge in [0, 0.05) is 70.3 Å². The van der Waals surface area contributed by atoms with Gasteiger partial charge in [0.15, 0.2) is 5.82 Å². The topological polar surface area (TPSA) is 151 Å². The van der Waals surface area contributed by atoms with E-state index in [1.54, 1.807) is 34.2 Å². The van der Waals surface area contributed by atoms with Crippen molar-refractivity contribution in [3.05, 3.63) is 71.9 Å². The van der Waals surface area contributed by atoms with E-state index in [-0.39, 0.29) is 30.5 Å². The summed E-state index contributed by atoms with van der Waals surface area (Å²) in [6.07, 6.45) is 4.42. The molecular formula is C27H27N9O4. The van der Waals surface area contributed by atoms with Crippen LogP contribution in [-0.2, 0) is 4.79 Å². The Morgan fingerprint density at radius 1 is 0.750 bits per heavy atom. The van der Waals surface area contributed by atoms with Gasteiger partial charge in [-0.05, 0) is 18.2 Å². The number of carbonyl (C=O) groups excluding carboxylic acids is 4. The average Bonchev–Trinajstić information content (AvgIpc) is 3.71. The SMILES string of the molecule is O=C(C(=O)N1CCN(C(=O)c2ccccc2)CC1)c1c[nH]c2c(N3CCN(C(=O)c4ccn[nH]4)CC3)ncnc12. The van der Waals surface area contributed by atoms with Crippen molar-refractivity contribution in [1.29, 1.82) is 0 Å². The number of anilines is 1. The summed E-state index contributed by atoms with van der Waals surface area (Å²) in [5.74, 6) is -0.876. The zero-order valence-electron chi connectivity index (χ0n) is 21.6. The van der Waals surface area contributed by atoms with Crippen LogP contribution in [0.5, 0.6) is 0 Å². The number of H-pyrrole nitrogens is 2. The largest absolute Gasteiger partial charge is 0.356 e. The van der Waals surface area contributed by atoms with Crippen LogP contribution in [0.25, 0.3) is 11.0 Å². The molecule has 5 heterocycles. The van der Waals surface area contributed by atoms with E-state index >= 15 is 0 Å². The van der Waals surface area contributed by atoms with Gasteiger partial charge in [-0.25, -0.2) is 9.97 Å². The van der Waals surface area contributed by atoms with Crippen LogP contribution in [0.3, 0.4) is 0 Å². The number of ketones is 1. The Kier molecular flexibility index (Phi) is 6.68. The monoisotopic (exact) mass is 541 g/mol. The van der Waals surface area contributed by atoms with Crippen LogP contribution >= 0.6 is 0 Å². The third-order valence-corrected chi connectivity index (χ3v) is 7.35. The fourth-order valence-corrected chi connectivity index (χ4v) is 5.14. The first-order valence-electron chi connectivity index (χ1n) is 13.0. The van der Waals surface area contributed by atoms with Crippen molar-refractivity contribution >= 4 is 40.4 Å². The van der Waals surface area contributed by atoms with Gasteiger partial charge in [0.1, 0.15) is 23.1 Å². The van der Waals surface area contributed by atoms with Crippen LogP contribution in [-0.4, -0.2) is 116 Å². The second-order valence-corrected chi connectivity index (χ2v) is 9.65. The summed E-state index contributed by atoms with van der Waals surface area (Å²) in [5.41, 5.74) is 2.15. The summed E-state index contributed by atoms with van der Waals surface area (Å²) in [6, 6.07) is 10.6. The lowest BCUT2D eigenvalue weighted by atomic mass is 10.1. The Morgan fingerprint density at radius 2 is 1.43 bits per heavy atom. The molecule has 0 radical (unpaired) electrons. The van der Waals surface area contributed by atoms with E-state index < -0.39 is 11.7 Å². The number of piperazine rings is 2. The summed E-state index contributed by atoms with van der Waals surface area (Å²) in [5, 5.41) is 6.54. The van der Waals surface area contributed by atoms with E-state index in [0.29, 0.717) is 67.4 Å². The van der Waals surface area contributed by atoms with E-state index in [1.165, 1.54) is 17.4 Å². The van der Waals surface area contributed by atoms with Crippen molar-refractivity contribution in [1.82, 2.24) is 39.8 Å². The number of benzene rings is 1. The number of nitrogens with zero attached hydrogens (tertiary/aromatic N) is 7. The molecule has 0 atom stereocenters. The van der Waals surface area contributed by atoms with E-state index in [0.717, 1.165) is 0 Å². The van der Waals surface area contributed by atoms with Gasteiger partial charge in [0.25, 0.3) is 23.5 Å². The minimum atomic E-state index is -0.659. The number of rotatable bonds is 5. The highest BCUT2D eigenvalue weighted by atomic mass is 16.2. The molecule has 204 valence electrons. The number of nitrogens with one attached hydrogen (secondary N) is 2. The zero-order chi connectivity index (χ0) is 27.6. The molecule has 0 unspecified atom stereocenters. The first kappa shape index (κ1) is 25.2. The molecule has 0 bridgehead atoms. The van der Waals surface area contributed by atoms with Gasteiger partial charge in [0.05, 0.1) is 5.56 Å². The van der Waals surface area contributed by atoms with Crippen LogP contribution in [0.1, 0.15) is 31.2 Å². The number of fused-ring (bicyclic) bond motifs is 1. The van der Waals surface area contributed by atoms with Crippen LogP contribution in [0.4, 0.5) is 5.82 Å². The Bertz CT molecular complexity index is 1550. The van der Waals surface area contributed by atoms with Crippen LogP contribution in [0.2, 0.25) is 0 Å². The Morgan fingerprint density at radius 3 is 2.12 bits per heavy atom. The third kappa shape index (κ3) is 4.65. The van der Waals surface area contributed by atoms with Crippen LogP contribution < -0.4 is 4.90 Å². The second-order valence-electron chi connectivity index (χ2n) is 9.65. The summed E-state index contributed by atoms with van der Waals surface area (Å²) >= 11 is 0. The van der Waals surface area contributed by atoms with Gasteiger partial charge in [0.2, 0.25) is 0 Å². The lowest BCUT2D eigenvalue weighted by Crippen LogP contribution is -2.52. The standard InChI is InChI=1S/C27H27N9O4/c37-23(27(40)36-14-12-34(13-15-36)25(38)18-4-2-1-3-5-18)19-16-28-22-21(19)29-17-30-24(22)33-8-10-35(11-9-33)26(39)20-6-7-31-32-20/h1-7,16-17,28H,8-15H2,(H,31,32). The number of Topliss-reactive ketones (excluding diaryl/α,β-unsaturated/α-hetero) is 1. The molecule has 40 heavy (non-hydrogen) atoms. The highest BCUT2D eigenvalue weighted by Crippen LogP contribution is 2.26. The van der Waals surface area contributed by atoms with Gasteiger partial charge in [-0.2, -0.15) is 5.10 Å². The highest BCUT2D eigenvalue weighted by Gasteiger charge is 2.31. The first-order chi connectivity index (χ1) is 19.5. The van der Waals surface area contributed by atoms with Gasteiger partial charge in [-0.1, -0.05) is 18.2 Å². The number of amides is 3. The molecule has 6 rings (SSSR count). The normalized spacial score (nSPS) is 15.9. The zero-order valence-corrected chi connectivity index (χ0v) is 21.6. The fourth-order valence-electron chi connectivity index (χ4n) is 5.14. The second kappa shape index (κ2) is 10.6. The molecule has 2 fully saturated rings. The van der Waals surface area contributed by atoms with Crippen LogP contribution in [0.15, 0.2) is 55.1 Å². The van der Waals surface area contributed by atoms with Crippen molar-refractivity contribution < 1.29 is 19.2 Å². The maximum absolute atomic E-state index is 13.3. The molecule has 4 aromatic rings. The van der Waals surface area contributed by atoms with Crippen molar-refractivity contribution in [3.8, 4) is 0 Å². The molecule has 3 aromatic heterocycles. The quantitative estimate of drug-likeness (QED) is 0.278. The maximum Gasteiger partial charge on any atom is 0.295 e. The molecule has 1 aromatic carbocycles. The van der Waals surface area contributed by atoms with E-state index in [4.69, 9.17) is 0 Å². The predicted octanol–water partition coefficient (Wildman–Crippen LogP) is 0.811. The molecule has 2 N–H and O–H groups in total. The van der Waals surface area contributed by atoms with Crippen LogP contribution in [0, 0.1) is 0 Å². The molecule has 2 aliphatic heterocycles. The average molecular weight is 542 g/mol. The molecule has 3 amide bonds. The Labute approximate surface area is 228 Å². The molecule has 0 spiro atoms. The fraction of sp³-hybridized carbons (Fsp3) is 0.296. The predicted molar refractivity (Wildman–Crippen MR) is 144 cm³/mol. The number of carbonyl (C=O) groups is 4. The van der Waals surface area contributed by atoms with Gasteiger partial charge in [-0.3, -0.25) is 24.3 Å². The highest BCUT2D eigenvalue weighted by molar-refractivity contribution is 6.44. The summed E-state index contributed by atoms with van der Waals surface area (Å²) < 4.78 is 0. The van der Waals surface area contributed by atoms with Crippen molar-refractivity contribution in [2.24, 2.45) is 0 Å². The molecule has 13 nitrogen and oxygen atoms in total. The summed E-state index contributed by atoms with van der Waals surface area (Å²) in [6.45, 7) is 3.31. The Balaban J connectivity index is 1.11. The minimum Gasteiger partial charge on any atom is -0.356 e. The third-order valence-electron chi connectivity index (χ3n) is 7.35. The van der Waals surface area contributed by atoms with E-state index in [1.807, 2.05) is 23.1 Å². The first-order valence-corrected chi connectivity index (χ1v) is 13.0. The van der Waals surface area contributed by atoms with E-state index in [9.17, 15) is 19.2 Å². The van der Waals surface area contributed by atoms with Gasteiger partial charge < -0.3 is 24.6 Å². The minimum absolute atomic E-state index is 0.0913. The summed E-state index contributed by atoms with van der Waals surface area (Å²) in [4.78, 5) is 70.5. The number of hydrogen-bond acceptors (Lipinski definition) is 8. The number of hydrogen-bond donors (Lipinski definition) is 2. The van der Waals surface area contributed by atoms with Crippen molar-refractivity contribution in [2.45, 2.75) is 0 Å². The summed E-state index contributed by atoms with van der Waals surface area (Å²) in [7, 11) is 0. The Hall–Kier alpha value is -5.07. The van der Waals surface area contributed by atoms with E-state index in [2.05, 4.69) is 25.1 Å². The lowest BCUT2D eigenvalue weighted by Gasteiger charge is -2.35. The van der Waals surface area contributed by atoms with Crippen molar-refractivity contribution in [3.63, 3.8) is 0 Å². The maximum atomic E-state index is 13.3. The molecule has 0 saturated carbocycles. The number of aromatic amines is 2. The molecule has 2 aliphatic rings. The molecule has 0 aliphatic carbocycles. The van der Waals surface area contributed by atoms with Gasteiger partial charge in [-0.15, -0.1) is 0 Å². The molecule has 13 heteroatoms.